The summed E-state index contributed by atoms with van der Waals surface area (Å²) >= 11 is 1.62. The minimum absolute atomic E-state index is 0.155. The van der Waals surface area contributed by atoms with Gasteiger partial charge in [-0.1, -0.05) is 24.3 Å². The lowest BCUT2D eigenvalue weighted by Gasteiger charge is -2.33. The molecule has 0 amide bonds. The fraction of sp³-hybridized carbons (Fsp3) is 0.300. The third-order valence-electron chi connectivity index (χ3n) is 7.45. The predicted molar refractivity (Wildman–Crippen MR) is 145 cm³/mol. The Morgan fingerprint density at radius 3 is 3.00 bits per heavy atom. The fourth-order valence-corrected chi connectivity index (χ4v) is 6.27. The number of ketones is 1. The summed E-state index contributed by atoms with van der Waals surface area (Å²) in [6, 6.07) is 17.2. The second-order valence-corrected chi connectivity index (χ2v) is 10.7. The molecular weight excluding hydrogens is 485 g/mol. The molecule has 37 heavy (non-hydrogen) atoms. The minimum Gasteiger partial charge on any atom is -0.496 e. The lowest BCUT2D eigenvalue weighted by molar-refractivity contribution is 0.0911. The number of methoxy groups -OCH3 is 1. The highest BCUT2D eigenvalue weighted by Crippen LogP contribution is 2.30. The third-order valence-corrected chi connectivity index (χ3v) is 8.25. The number of hydrogen-bond acceptors (Lipinski definition) is 6. The van der Waals surface area contributed by atoms with Crippen LogP contribution in [-0.4, -0.2) is 41.6 Å². The molecule has 188 valence electrons. The molecule has 0 unspecified atom stereocenters. The molecule has 3 aromatic carbocycles. The van der Waals surface area contributed by atoms with Crippen LogP contribution in [-0.2, 0) is 13.1 Å². The van der Waals surface area contributed by atoms with Crippen molar-refractivity contribution in [3.63, 3.8) is 0 Å². The molecule has 0 bridgehead atoms. The van der Waals surface area contributed by atoms with Crippen LogP contribution in [0.4, 0.5) is 4.39 Å². The molecule has 0 N–H and O–H groups in total. The average Bonchev–Trinajstić information content (AvgIpc) is 3.56. The Balaban J connectivity index is 1.16. The van der Waals surface area contributed by atoms with Gasteiger partial charge in [0.1, 0.15) is 11.6 Å². The van der Waals surface area contributed by atoms with Crippen molar-refractivity contribution in [3.8, 4) is 5.75 Å². The molecule has 6 rings (SSSR count). The third kappa shape index (κ3) is 4.81. The van der Waals surface area contributed by atoms with E-state index in [1.165, 1.54) is 6.07 Å². The number of aromatic nitrogens is 1. The van der Waals surface area contributed by atoms with Crippen LogP contribution in [0.25, 0.3) is 10.2 Å². The Hall–Kier alpha value is -3.42. The number of aliphatic imine (C=N–C) groups is 1. The van der Waals surface area contributed by atoms with Gasteiger partial charge in [-0.3, -0.25) is 14.7 Å². The van der Waals surface area contributed by atoms with Crippen LogP contribution < -0.4 is 4.74 Å². The number of nitrogens with zero attached hydrogens (tertiary/aromatic N) is 3. The molecule has 1 aromatic heterocycles. The van der Waals surface area contributed by atoms with Crippen molar-refractivity contribution < 1.29 is 13.9 Å². The van der Waals surface area contributed by atoms with Crippen molar-refractivity contribution in [1.29, 1.82) is 0 Å². The maximum Gasteiger partial charge on any atom is 0.163 e. The molecule has 1 saturated heterocycles. The Kier molecular flexibility index (Phi) is 6.57. The number of thiazole rings is 1. The second-order valence-electron chi connectivity index (χ2n) is 9.86. The first-order valence-corrected chi connectivity index (χ1v) is 13.6. The highest BCUT2D eigenvalue weighted by Gasteiger charge is 2.26. The number of ether oxygens (including phenoxy) is 1. The summed E-state index contributed by atoms with van der Waals surface area (Å²) in [6.07, 6.45) is 2.49. The van der Waals surface area contributed by atoms with Gasteiger partial charge in [-0.05, 0) is 61.2 Å². The van der Waals surface area contributed by atoms with E-state index in [1.807, 2.05) is 29.8 Å². The van der Waals surface area contributed by atoms with Gasteiger partial charge >= 0.3 is 0 Å². The standard InChI is InChI=1S/C30H28FN3O2S/c1-36-28-6-2-5-25(31)24(28)17-34-11-3-4-19(16-34)12-27(35)20-7-8-22-15-32-30(23(22)13-20)21-9-10-26-29(14-21)37-18-33-26/h2,5-10,13-14,18-19H,3-4,11-12,15-17H2,1H3/t19-/m0/s1. The molecule has 1 atom stereocenters. The molecule has 0 aliphatic carbocycles. The molecule has 5 nitrogen and oxygen atoms in total. The monoisotopic (exact) mass is 513 g/mol. The van der Waals surface area contributed by atoms with E-state index in [4.69, 9.17) is 9.73 Å². The lowest BCUT2D eigenvalue weighted by Crippen LogP contribution is -2.36. The molecule has 1 fully saturated rings. The zero-order chi connectivity index (χ0) is 25.4. The topological polar surface area (TPSA) is 54.8 Å². The number of Topliss-reactive ketones (excluding diaryl/α,β-unsaturated/α-hetero) is 1. The molecule has 2 aliphatic rings. The van der Waals surface area contributed by atoms with E-state index in [0.29, 0.717) is 30.8 Å². The van der Waals surface area contributed by atoms with Crippen LogP contribution in [0.2, 0.25) is 0 Å². The summed E-state index contributed by atoms with van der Waals surface area (Å²) in [5.74, 6) is 0.724. The number of rotatable bonds is 7. The number of benzene rings is 3. The molecular formula is C30H28FN3O2S. The second kappa shape index (κ2) is 10.1. The molecule has 0 radical (unpaired) electrons. The van der Waals surface area contributed by atoms with Crippen LogP contribution in [0.3, 0.4) is 0 Å². The van der Waals surface area contributed by atoms with Gasteiger partial charge in [0.2, 0.25) is 0 Å². The summed E-state index contributed by atoms with van der Waals surface area (Å²) < 4.78 is 21.0. The van der Waals surface area contributed by atoms with E-state index in [2.05, 4.69) is 22.0 Å². The maximum atomic E-state index is 14.5. The fourth-order valence-electron chi connectivity index (χ4n) is 5.56. The van der Waals surface area contributed by atoms with Crippen LogP contribution in [0.5, 0.6) is 5.75 Å². The summed E-state index contributed by atoms with van der Waals surface area (Å²) in [5.41, 5.74) is 8.37. The summed E-state index contributed by atoms with van der Waals surface area (Å²) in [6.45, 7) is 2.79. The van der Waals surface area contributed by atoms with Crippen LogP contribution >= 0.6 is 11.3 Å². The van der Waals surface area contributed by atoms with Crippen molar-refractivity contribution >= 4 is 33.0 Å². The minimum atomic E-state index is -0.248. The quantitative estimate of drug-likeness (QED) is 0.273. The summed E-state index contributed by atoms with van der Waals surface area (Å²) in [5, 5.41) is 0. The molecule has 0 saturated carbocycles. The lowest BCUT2D eigenvalue weighted by atomic mass is 9.89. The van der Waals surface area contributed by atoms with Crippen molar-refractivity contribution in [1.82, 2.24) is 9.88 Å². The number of carbonyl (C=O) groups excluding carboxylic acids is 1. The molecule has 2 aliphatic heterocycles. The van der Waals surface area contributed by atoms with Gasteiger partial charge in [-0.25, -0.2) is 9.37 Å². The number of hydrogen-bond donors (Lipinski definition) is 0. The number of likely N-dealkylation sites (tertiary alicyclic amines) is 1. The van der Waals surface area contributed by atoms with Gasteiger partial charge in [0.25, 0.3) is 0 Å². The first-order valence-electron chi connectivity index (χ1n) is 12.7. The van der Waals surface area contributed by atoms with E-state index in [1.54, 1.807) is 30.6 Å². The number of fused-ring (bicyclic) bond motifs is 2. The van der Waals surface area contributed by atoms with Crippen LogP contribution in [0, 0.1) is 11.7 Å². The molecule has 3 heterocycles. The van der Waals surface area contributed by atoms with Crippen molar-refractivity contribution in [2.24, 2.45) is 10.9 Å². The van der Waals surface area contributed by atoms with Gasteiger partial charge in [0.15, 0.2) is 5.78 Å². The first-order chi connectivity index (χ1) is 18.1. The smallest absolute Gasteiger partial charge is 0.163 e. The van der Waals surface area contributed by atoms with Gasteiger partial charge in [-0.2, -0.15) is 0 Å². The number of carbonyl (C=O) groups is 1. The van der Waals surface area contributed by atoms with Gasteiger partial charge < -0.3 is 4.74 Å². The highest BCUT2D eigenvalue weighted by atomic mass is 32.1. The normalized spacial score (nSPS) is 17.6. The van der Waals surface area contributed by atoms with E-state index >= 15 is 0 Å². The average molecular weight is 514 g/mol. The molecule has 7 heteroatoms. The Bertz CT molecular complexity index is 1510. The SMILES string of the molecule is COc1cccc(F)c1CN1CCC[C@@H](CC(=O)c2ccc3c(c2)C(c2ccc4ncsc4c2)=NC3)C1. The number of piperidine rings is 1. The first kappa shape index (κ1) is 23.9. The Labute approximate surface area is 219 Å². The van der Waals surface area contributed by atoms with Crippen molar-refractivity contribution in [2.45, 2.75) is 32.4 Å². The maximum absolute atomic E-state index is 14.5. The van der Waals surface area contributed by atoms with Crippen molar-refractivity contribution in [3.05, 3.63) is 93.7 Å². The largest absolute Gasteiger partial charge is 0.496 e. The molecule has 4 aromatic rings. The summed E-state index contributed by atoms with van der Waals surface area (Å²) in [7, 11) is 1.57. The van der Waals surface area contributed by atoms with E-state index < -0.39 is 0 Å². The van der Waals surface area contributed by atoms with E-state index in [-0.39, 0.29) is 17.5 Å². The van der Waals surface area contributed by atoms with Gasteiger partial charge in [-0.15, -0.1) is 11.3 Å². The zero-order valence-electron chi connectivity index (χ0n) is 20.7. The van der Waals surface area contributed by atoms with E-state index in [0.717, 1.165) is 64.1 Å². The Morgan fingerprint density at radius 1 is 1.19 bits per heavy atom. The van der Waals surface area contributed by atoms with Gasteiger partial charge in [0, 0.05) is 41.8 Å². The predicted octanol–water partition coefficient (Wildman–Crippen LogP) is 6.28. The van der Waals surface area contributed by atoms with Crippen molar-refractivity contribution in [2.75, 3.05) is 20.2 Å². The van der Waals surface area contributed by atoms with Crippen LogP contribution in [0.1, 0.15) is 51.9 Å². The van der Waals surface area contributed by atoms with E-state index in [9.17, 15) is 9.18 Å². The Morgan fingerprint density at radius 2 is 2.11 bits per heavy atom. The highest BCUT2D eigenvalue weighted by molar-refractivity contribution is 7.16. The zero-order valence-corrected chi connectivity index (χ0v) is 21.6. The number of halogens is 1. The van der Waals surface area contributed by atoms with Gasteiger partial charge in [0.05, 0.1) is 35.1 Å². The van der Waals surface area contributed by atoms with Crippen LogP contribution in [0.15, 0.2) is 65.1 Å². The summed E-state index contributed by atoms with van der Waals surface area (Å²) in [4.78, 5) is 24.8. The molecule has 0 spiro atoms.